The minimum absolute atomic E-state index is 0.322. The number of likely N-dealkylation sites (tertiary alicyclic amines) is 1. The standard InChI is InChI=1S/C35H44N2O5/c1-3-37(34-24-32(39-2)12-13-33(34)29-7-6-28-23-30(38)9-8-27(28)22-29)25-26-4-10-31(11-5-26)40-19-18-36-16-14-35(15-17-36)41-20-21-42-35/h4-5,8-13,23-24,29,38H,3,6-7,14-22,25H2,1-2H3. The number of phenols is 1. The summed E-state index contributed by atoms with van der Waals surface area (Å²) in [5, 5.41) is 9.93. The first kappa shape index (κ1) is 28.8. The van der Waals surface area contributed by atoms with E-state index in [4.69, 9.17) is 18.9 Å². The second-order valence-electron chi connectivity index (χ2n) is 11.8. The van der Waals surface area contributed by atoms with Crippen molar-refractivity contribution in [1.29, 1.82) is 0 Å². The van der Waals surface area contributed by atoms with Crippen LogP contribution in [0.1, 0.15) is 54.4 Å². The Hall–Kier alpha value is -3.26. The number of phenolic OH excluding ortho intramolecular Hbond substituents is 1. The molecule has 2 saturated heterocycles. The molecular weight excluding hydrogens is 528 g/mol. The first-order valence-corrected chi connectivity index (χ1v) is 15.5. The lowest BCUT2D eigenvalue weighted by Crippen LogP contribution is -2.46. The summed E-state index contributed by atoms with van der Waals surface area (Å²) >= 11 is 0. The smallest absolute Gasteiger partial charge is 0.170 e. The van der Waals surface area contributed by atoms with Crippen LogP contribution >= 0.6 is 0 Å². The maximum absolute atomic E-state index is 9.93. The normalized spacial score (nSPS) is 19.9. The van der Waals surface area contributed by atoms with E-state index in [0.29, 0.717) is 18.3 Å². The number of benzene rings is 3. The van der Waals surface area contributed by atoms with E-state index in [1.165, 1.54) is 27.9 Å². The molecule has 2 aliphatic heterocycles. The summed E-state index contributed by atoms with van der Waals surface area (Å²) in [5.41, 5.74) is 6.46. The van der Waals surface area contributed by atoms with E-state index in [2.05, 4.69) is 65.3 Å². The number of nitrogens with zero attached hydrogens (tertiary/aromatic N) is 2. The van der Waals surface area contributed by atoms with Crippen molar-refractivity contribution in [3.8, 4) is 17.2 Å². The summed E-state index contributed by atoms with van der Waals surface area (Å²) in [6.07, 6.45) is 4.90. The molecule has 7 heteroatoms. The van der Waals surface area contributed by atoms with Crippen molar-refractivity contribution in [1.82, 2.24) is 4.90 Å². The minimum Gasteiger partial charge on any atom is -0.508 e. The highest BCUT2D eigenvalue weighted by molar-refractivity contribution is 5.60. The highest BCUT2D eigenvalue weighted by Gasteiger charge is 2.39. The molecule has 6 rings (SSSR count). The van der Waals surface area contributed by atoms with E-state index in [1.807, 2.05) is 12.1 Å². The third-order valence-electron chi connectivity index (χ3n) is 9.22. The third-order valence-corrected chi connectivity index (χ3v) is 9.22. The average Bonchev–Trinajstić information content (AvgIpc) is 3.49. The van der Waals surface area contributed by atoms with Crippen LogP contribution in [0.3, 0.4) is 0 Å². The molecule has 1 spiro atoms. The fourth-order valence-electron chi connectivity index (χ4n) is 6.75. The number of ether oxygens (including phenoxy) is 4. The van der Waals surface area contributed by atoms with E-state index in [-0.39, 0.29) is 5.79 Å². The van der Waals surface area contributed by atoms with Crippen LogP contribution in [0.25, 0.3) is 0 Å². The van der Waals surface area contributed by atoms with Gasteiger partial charge in [0.05, 0.1) is 20.3 Å². The van der Waals surface area contributed by atoms with Crippen LogP contribution in [0.15, 0.2) is 60.7 Å². The number of piperidine rings is 1. The largest absolute Gasteiger partial charge is 0.508 e. The Morgan fingerprint density at radius 1 is 0.952 bits per heavy atom. The van der Waals surface area contributed by atoms with Gasteiger partial charge < -0.3 is 29.0 Å². The molecule has 7 nitrogen and oxygen atoms in total. The van der Waals surface area contributed by atoms with Crippen molar-refractivity contribution in [2.24, 2.45) is 0 Å². The molecule has 0 aromatic heterocycles. The van der Waals surface area contributed by atoms with Crippen molar-refractivity contribution in [2.75, 3.05) is 58.0 Å². The van der Waals surface area contributed by atoms with Crippen LogP contribution in [-0.4, -0.2) is 68.9 Å². The van der Waals surface area contributed by atoms with Gasteiger partial charge in [-0.3, -0.25) is 4.90 Å². The molecule has 3 aromatic carbocycles. The summed E-state index contributed by atoms with van der Waals surface area (Å²) in [6.45, 7) is 8.91. The van der Waals surface area contributed by atoms with Crippen LogP contribution in [0.5, 0.6) is 17.2 Å². The molecule has 1 aliphatic carbocycles. The van der Waals surface area contributed by atoms with Gasteiger partial charge in [-0.05, 0) is 84.7 Å². The van der Waals surface area contributed by atoms with Crippen molar-refractivity contribution < 1.29 is 24.1 Å². The highest BCUT2D eigenvalue weighted by Crippen LogP contribution is 2.40. The molecule has 224 valence electrons. The molecule has 0 radical (unpaired) electrons. The summed E-state index contributed by atoms with van der Waals surface area (Å²) in [4.78, 5) is 4.88. The Kier molecular flexibility index (Phi) is 8.89. The van der Waals surface area contributed by atoms with E-state index >= 15 is 0 Å². The first-order chi connectivity index (χ1) is 20.5. The quantitative estimate of drug-likeness (QED) is 0.324. The highest BCUT2D eigenvalue weighted by atomic mass is 16.7. The summed E-state index contributed by atoms with van der Waals surface area (Å²) in [6, 6.07) is 20.9. The molecule has 0 saturated carbocycles. The van der Waals surface area contributed by atoms with Gasteiger partial charge in [0.2, 0.25) is 0 Å². The lowest BCUT2D eigenvalue weighted by Gasteiger charge is -2.37. The predicted molar refractivity (Wildman–Crippen MR) is 165 cm³/mol. The van der Waals surface area contributed by atoms with Gasteiger partial charge in [-0.15, -0.1) is 0 Å². The third kappa shape index (κ3) is 6.54. The van der Waals surface area contributed by atoms with Crippen molar-refractivity contribution in [3.63, 3.8) is 0 Å². The number of hydrogen-bond donors (Lipinski definition) is 1. The summed E-state index contributed by atoms with van der Waals surface area (Å²) < 4.78 is 23.4. The van der Waals surface area contributed by atoms with Crippen molar-refractivity contribution >= 4 is 5.69 Å². The fourth-order valence-corrected chi connectivity index (χ4v) is 6.75. The Balaban J connectivity index is 1.07. The lowest BCUT2D eigenvalue weighted by atomic mass is 9.79. The van der Waals surface area contributed by atoms with Gasteiger partial charge in [-0.1, -0.05) is 24.3 Å². The van der Waals surface area contributed by atoms with E-state index in [1.54, 1.807) is 7.11 Å². The van der Waals surface area contributed by atoms with Gasteiger partial charge in [0.1, 0.15) is 23.9 Å². The number of hydrogen-bond acceptors (Lipinski definition) is 7. The fraction of sp³-hybridized carbons (Fsp3) is 0.486. The van der Waals surface area contributed by atoms with Gasteiger partial charge in [-0.2, -0.15) is 0 Å². The molecule has 0 bridgehead atoms. The maximum atomic E-state index is 9.93. The van der Waals surface area contributed by atoms with Crippen LogP contribution in [-0.2, 0) is 28.9 Å². The number of fused-ring (bicyclic) bond motifs is 1. The lowest BCUT2D eigenvalue weighted by molar-refractivity contribution is -0.185. The molecule has 2 heterocycles. The molecule has 1 N–H and O–H groups in total. The molecule has 2 fully saturated rings. The zero-order chi connectivity index (χ0) is 28.9. The summed E-state index contributed by atoms with van der Waals surface area (Å²) in [7, 11) is 1.73. The van der Waals surface area contributed by atoms with Crippen LogP contribution in [0, 0.1) is 0 Å². The molecule has 1 unspecified atom stereocenters. The maximum Gasteiger partial charge on any atom is 0.170 e. The number of methoxy groups -OCH3 is 1. The van der Waals surface area contributed by atoms with Gasteiger partial charge >= 0.3 is 0 Å². The Bertz CT molecular complexity index is 1330. The number of rotatable bonds is 10. The Morgan fingerprint density at radius 3 is 2.45 bits per heavy atom. The minimum atomic E-state index is -0.322. The zero-order valence-corrected chi connectivity index (χ0v) is 25.0. The van der Waals surface area contributed by atoms with E-state index in [9.17, 15) is 5.11 Å². The zero-order valence-electron chi connectivity index (χ0n) is 25.0. The predicted octanol–water partition coefficient (Wildman–Crippen LogP) is 5.92. The molecule has 42 heavy (non-hydrogen) atoms. The summed E-state index contributed by atoms with van der Waals surface area (Å²) in [5.74, 6) is 2.25. The van der Waals surface area contributed by atoms with E-state index < -0.39 is 0 Å². The van der Waals surface area contributed by atoms with Crippen molar-refractivity contribution in [3.05, 3.63) is 82.9 Å². The topological polar surface area (TPSA) is 63.6 Å². The van der Waals surface area contributed by atoms with Gasteiger partial charge in [0.15, 0.2) is 5.79 Å². The second-order valence-corrected chi connectivity index (χ2v) is 11.8. The van der Waals surface area contributed by atoms with Crippen molar-refractivity contribution in [2.45, 2.75) is 57.3 Å². The second kappa shape index (κ2) is 12.9. The van der Waals surface area contributed by atoms with Gasteiger partial charge in [-0.25, -0.2) is 0 Å². The number of aryl methyl sites for hydroxylation is 1. The van der Waals surface area contributed by atoms with Gasteiger partial charge in [0.25, 0.3) is 0 Å². The Labute approximate surface area is 250 Å². The molecule has 3 aliphatic rings. The van der Waals surface area contributed by atoms with Gasteiger partial charge in [0, 0.05) is 57.3 Å². The monoisotopic (exact) mass is 572 g/mol. The average molecular weight is 573 g/mol. The number of aromatic hydroxyl groups is 1. The first-order valence-electron chi connectivity index (χ1n) is 15.5. The molecular formula is C35H44N2O5. The van der Waals surface area contributed by atoms with Crippen LogP contribution in [0.4, 0.5) is 5.69 Å². The van der Waals surface area contributed by atoms with E-state index in [0.717, 1.165) is 89.5 Å². The molecule has 3 aromatic rings. The molecule has 0 amide bonds. The SMILES string of the molecule is CCN(Cc1ccc(OCCN2CCC3(CC2)OCCO3)cc1)c1cc(OC)ccc1C1CCc2cc(O)ccc2C1. The Morgan fingerprint density at radius 2 is 1.71 bits per heavy atom. The molecule has 1 atom stereocenters. The number of anilines is 1. The van der Waals surface area contributed by atoms with Crippen LogP contribution < -0.4 is 14.4 Å². The van der Waals surface area contributed by atoms with Crippen LogP contribution in [0.2, 0.25) is 0 Å².